The molecule has 0 saturated carbocycles. The molecule has 0 saturated heterocycles. The van der Waals surface area contributed by atoms with Gasteiger partial charge in [-0.3, -0.25) is 4.79 Å². The van der Waals surface area contributed by atoms with Gasteiger partial charge in [-0.1, -0.05) is 0 Å². The molecule has 0 aliphatic rings. The summed E-state index contributed by atoms with van der Waals surface area (Å²) in [6.07, 6.45) is 3.89. The van der Waals surface area contributed by atoms with E-state index in [1.54, 1.807) is 23.5 Å². The van der Waals surface area contributed by atoms with Crippen molar-refractivity contribution in [1.29, 1.82) is 0 Å². The maximum Gasteiger partial charge on any atom is 0.244 e. The average Bonchev–Trinajstić information content (AvgIpc) is 3.14. The van der Waals surface area contributed by atoms with Crippen LogP contribution in [-0.2, 0) is 18.3 Å². The molecule has 2 heterocycles. The standard InChI is InChI=1S/C17H16FN3OS/c1-21-15-4-3-13(18)10-14(15)20-16(21)6-8-19-17(22)5-2-12-7-9-23-11-12/h2-5,7,9-11H,6,8H2,1H3,(H,19,22)/b5-2+. The Balaban J connectivity index is 1.58. The molecule has 0 atom stereocenters. The number of carbonyl (C=O) groups is 1. The van der Waals surface area contributed by atoms with E-state index in [0.29, 0.717) is 18.5 Å². The number of aromatic nitrogens is 2. The Morgan fingerprint density at radius 3 is 3.09 bits per heavy atom. The van der Waals surface area contributed by atoms with Crippen molar-refractivity contribution in [2.45, 2.75) is 6.42 Å². The summed E-state index contributed by atoms with van der Waals surface area (Å²) in [5.41, 5.74) is 2.53. The number of halogens is 1. The second-order valence-electron chi connectivity index (χ2n) is 5.15. The number of amides is 1. The molecular formula is C17H16FN3OS. The Labute approximate surface area is 137 Å². The van der Waals surface area contributed by atoms with Crippen LogP contribution in [0.15, 0.2) is 41.1 Å². The highest BCUT2D eigenvalue weighted by atomic mass is 32.1. The zero-order valence-electron chi connectivity index (χ0n) is 12.6. The van der Waals surface area contributed by atoms with E-state index >= 15 is 0 Å². The van der Waals surface area contributed by atoms with Gasteiger partial charge in [-0.05, 0) is 40.6 Å². The summed E-state index contributed by atoms with van der Waals surface area (Å²) in [5, 5.41) is 6.77. The van der Waals surface area contributed by atoms with Crippen LogP contribution in [0.5, 0.6) is 0 Å². The highest BCUT2D eigenvalue weighted by Gasteiger charge is 2.08. The third-order valence-electron chi connectivity index (χ3n) is 3.55. The molecule has 0 radical (unpaired) electrons. The van der Waals surface area contributed by atoms with Crippen LogP contribution in [0.1, 0.15) is 11.4 Å². The van der Waals surface area contributed by atoms with Crippen LogP contribution in [-0.4, -0.2) is 22.0 Å². The zero-order chi connectivity index (χ0) is 16.2. The van der Waals surface area contributed by atoms with E-state index in [2.05, 4.69) is 10.3 Å². The van der Waals surface area contributed by atoms with Gasteiger partial charge in [0.2, 0.25) is 5.91 Å². The van der Waals surface area contributed by atoms with Crippen molar-refractivity contribution >= 4 is 34.4 Å². The summed E-state index contributed by atoms with van der Waals surface area (Å²) in [4.78, 5) is 16.2. The molecule has 0 bridgehead atoms. The Morgan fingerprint density at radius 1 is 1.43 bits per heavy atom. The molecule has 23 heavy (non-hydrogen) atoms. The maximum atomic E-state index is 13.2. The first-order valence-corrected chi connectivity index (χ1v) is 8.17. The molecule has 4 nitrogen and oxygen atoms in total. The highest BCUT2D eigenvalue weighted by molar-refractivity contribution is 7.08. The van der Waals surface area contributed by atoms with Crippen molar-refractivity contribution in [1.82, 2.24) is 14.9 Å². The Bertz CT molecular complexity index is 852. The van der Waals surface area contributed by atoms with Gasteiger partial charge in [0, 0.05) is 32.2 Å². The van der Waals surface area contributed by atoms with Crippen molar-refractivity contribution in [3.8, 4) is 0 Å². The third-order valence-corrected chi connectivity index (χ3v) is 4.26. The fourth-order valence-corrected chi connectivity index (χ4v) is 2.97. The quantitative estimate of drug-likeness (QED) is 0.731. The molecule has 3 aromatic rings. The lowest BCUT2D eigenvalue weighted by atomic mass is 10.3. The molecule has 1 N–H and O–H groups in total. The first kappa shape index (κ1) is 15.4. The van der Waals surface area contributed by atoms with E-state index in [4.69, 9.17) is 0 Å². The van der Waals surface area contributed by atoms with Gasteiger partial charge in [-0.2, -0.15) is 11.3 Å². The van der Waals surface area contributed by atoms with Crippen LogP contribution in [0.4, 0.5) is 4.39 Å². The number of hydrogen-bond donors (Lipinski definition) is 1. The Kier molecular flexibility index (Phi) is 4.52. The zero-order valence-corrected chi connectivity index (χ0v) is 13.4. The van der Waals surface area contributed by atoms with E-state index in [0.717, 1.165) is 16.9 Å². The molecule has 0 fully saturated rings. The van der Waals surface area contributed by atoms with Crippen LogP contribution in [0.25, 0.3) is 17.1 Å². The molecule has 118 valence electrons. The summed E-state index contributed by atoms with van der Waals surface area (Å²) in [5.74, 6) is 0.378. The number of nitrogens with zero attached hydrogens (tertiary/aromatic N) is 2. The van der Waals surface area contributed by atoms with Crippen LogP contribution in [0.2, 0.25) is 0 Å². The van der Waals surface area contributed by atoms with Gasteiger partial charge in [-0.15, -0.1) is 0 Å². The average molecular weight is 329 g/mol. The molecule has 0 aliphatic heterocycles. The number of imidazole rings is 1. The molecule has 0 spiro atoms. The molecule has 2 aromatic heterocycles. The molecule has 6 heteroatoms. The third kappa shape index (κ3) is 3.65. The lowest BCUT2D eigenvalue weighted by molar-refractivity contribution is -0.116. The summed E-state index contributed by atoms with van der Waals surface area (Å²) < 4.78 is 15.1. The number of benzene rings is 1. The predicted molar refractivity (Wildman–Crippen MR) is 90.7 cm³/mol. The van der Waals surface area contributed by atoms with Crippen molar-refractivity contribution in [3.05, 3.63) is 58.3 Å². The normalized spacial score (nSPS) is 11.4. The summed E-state index contributed by atoms with van der Waals surface area (Å²) in [7, 11) is 1.89. The minimum Gasteiger partial charge on any atom is -0.352 e. The van der Waals surface area contributed by atoms with E-state index in [1.165, 1.54) is 18.2 Å². The summed E-state index contributed by atoms with van der Waals surface area (Å²) in [6.45, 7) is 0.479. The molecule has 0 aliphatic carbocycles. The van der Waals surface area contributed by atoms with Crippen LogP contribution >= 0.6 is 11.3 Å². The lowest BCUT2D eigenvalue weighted by Gasteiger charge is -2.03. The van der Waals surface area contributed by atoms with E-state index in [1.807, 2.05) is 28.4 Å². The van der Waals surface area contributed by atoms with Gasteiger partial charge in [0.25, 0.3) is 0 Å². The molecule has 1 amide bonds. The van der Waals surface area contributed by atoms with E-state index in [-0.39, 0.29) is 11.7 Å². The molecule has 3 rings (SSSR count). The first-order valence-electron chi connectivity index (χ1n) is 7.22. The van der Waals surface area contributed by atoms with Crippen molar-refractivity contribution in [3.63, 3.8) is 0 Å². The molecule has 1 aromatic carbocycles. The number of rotatable bonds is 5. The van der Waals surface area contributed by atoms with E-state index < -0.39 is 0 Å². The van der Waals surface area contributed by atoms with Crippen molar-refractivity contribution < 1.29 is 9.18 Å². The molecule has 0 unspecified atom stereocenters. The number of thiophene rings is 1. The second kappa shape index (κ2) is 6.75. The van der Waals surface area contributed by atoms with Gasteiger partial charge in [0.1, 0.15) is 11.6 Å². The van der Waals surface area contributed by atoms with Crippen molar-refractivity contribution in [2.24, 2.45) is 7.05 Å². The Morgan fingerprint density at radius 2 is 2.30 bits per heavy atom. The summed E-state index contributed by atoms with van der Waals surface area (Å²) >= 11 is 1.59. The molecular weight excluding hydrogens is 313 g/mol. The van der Waals surface area contributed by atoms with Crippen LogP contribution in [0, 0.1) is 5.82 Å². The highest BCUT2D eigenvalue weighted by Crippen LogP contribution is 2.16. The Hall–Kier alpha value is -2.47. The monoisotopic (exact) mass is 329 g/mol. The van der Waals surface area contributed by atoms with Gasteiger partial charge in [0.05, 0.1) is 11.0 Å². The first-order chi connectivity index (χ1) is 11.1. The SMILES string of the molecule is Cn1c(CCNC(=O)/C=C/c2ccsc2)nc2cc(F)ccc21. The van der Waals surface area contributed by atoms with Gasteiger partial charge in [-0.25, -0.2) is 9.37 Å². The predicted octanol–water partition coefficient (Wildman–Crippen LogP) is 3.15. The number of fused-ring (bicyclic) bond motifs is 1. The minimum atomic E-state index is -0.297. The fraction of sp³-hybridized carbons (Fsp3) is 0.176. The van der Waals surface area contributed by atoms with Crippen molar-refractivity contribution in [2.75, 3.05) is 6.54 Å². The van der Waals surface area contributed by atoms with Gasteiger partial charge >= 0.3 is 0 Å². The summed E-state index contributed by atoms with van der Waals surface area (Å²) in [6, 6.07) is 6.50. The number of nitrogens with one attached hydrogen (secondary N) is 1. The number of carbonyl (C=O) groups excluding carboxylic acids is 1. The lowest BCUT2D eigenvalue weighted by Crippen LogP contribution is -2.24. The van der Waals surface area contributed by atoms with Crippen LogP contribution in [0.3, 0.4) is 0 Å². The number of aryl methyl sites for hydroxylation is 1. The fourth-order valence-electron chi connectivity index (χ4n) is 2.34. The maximum absolute atomic E-state index is 13.2. The minimum absolute atomic E-state index is 0.138. The topological polar surface area (TPSA) is 46.9 Å². The van der Waals surface area contributed by atoms with Gasteiger partial charge < -0.3 is 9.88 Å². The largest absolute Gasteiger partial charge is 0.352 e. The van der Waals surface area contributed by atoms with E-state index in [9.17, 15) is 9.18 Å². The van der Waals surface area contributed by atoms with Gasteiger partial charge in [0.15, 0.2) is 0 Å². The number of hydrogen-bond acceptors (Lipinski definition) is 3. The van der Waals surface area contributed by atoms with Crippen LogP contribution < -0.4 is 5.32 Å². The second-order valence-corrected chi connectivity index (χ2v) is 5.93. The smallest absolute Gasteiger partial charge is 0.244 e.